The Balaban J connectivity index is 1.96. The van der Waals surface area contributed by atoms with Gasteiger partial charge in [-0.15, -0.1) is 10.2 Å². The molecule has 1 aromatic carbocycles. The van der Waals surface area contributed by atoms with E-state index in [9.17, 15) is 14.3 Å². The number of rotatable bonds is 2. The van der Waals surface area contributed by atoms with E-state index in [1.54, 1.807) is 22.8 Å². The molecule has 21 heavy (non-hydrogen) atoms. The molecule has 1 fully saturated rings. The van der Waals surface area contributed by atoms with Crippen molar-refractivity contribution in [2.75, 3.05) is 6.54 Å². The summed E-state index contributed by atoms with van der Waals surface area (Å²) in [6.45, 7) is 0.504. The van der Waals surface area contributed by atoms with E-state index in [1.165, 1.54) is 18.2 Å². The van der Waals surface area contributed by atoms with Crippen LogP contribution in [0.15, 0.2) is 24.5 Å². The summed E-state index contributed by atoms with van der Waals surface area (Å²) < 4.78 is 15.6. The van der Waals surface area contributed by atoms with Crippen molar-refractivity contribution in [1.82, 2.24) is 19.7 Å². The third kappa shape index (κ3) is 2.24. The van der Waals surface area contributed by atoms with Crippen LogP contribution >= 0.6 is 0 Å². The Labute approximate surface area is 120 Å². The zero-order valence-corrected chi connectivity index (χ0v) is 11.5. The van der Waals surface area contributed by atoms with Gasteiger partial charge in [0, 0.05) is 13.6 Å². The molecule has 1 N–H and O–H groups in total. The first kappa shape index (κ1) is 13.5. The summed E-state index contributed by atoms with van der Waals surface area (Å²) >= 11 is 0. The normalized spacial score (nSPS) is 18.2. The van der Waals surface area contributed by atoms with E-state index in [2.05, 4.69) is 10.2 Å². The van der Waals surface area contributed by atoms with Gasteiger partial charge in [0.25, 0.3) is 5.91 Å². The van der Waals surface area contributed by atoms with Crippen molar-refractivity contribution in [3.63, 3.8) is 0 Å². The average Bonchev–Trinajstić information content (AvgIpc) is 3.06. The molecule has 0 radical (unpaired) electrons. The van der Waals surface area contributed by atoms with Crippen LogP contribution in [0.5, 0.6) is 5.75 Å². The summed E-state index contributed by atoms with van der Waals surface area (Å²) in [6.07, 6.45) is 3.11. The van der Waals surface area contributed by atoms with Crippen molar-refractivity contribution in [3.05, 3.63) is 41.7 Å². The number of benzene rings is 1. The highest BCUT2D eigenvalue weighted by Gasteiger charge is 2.35. The first-order valence-corrected chi connectivity index (χ1v) is 6.72. The predicted octanol–water partition coefficient (Wildman–Crippen LogP) is 1.64. The fourth-order valence-electron chi connectivity index (χ4n) is 2.74. The van der Waals surface area contributed by atoms with Crippen LogP contribution in [0.25, 0.3) is 0 Å². The molecule has 2 aromatic rings. The number of hydrogen-bond acceptors (Lipinski definition) is 4. The topological polar surface area (TPSA) is 71.2 Å². The van der Waals surface area contributed by atoms with Crippen molar-refractivity contribution in [1.29, 1.82) is 0 Å². The quantitative estimate of drug-likeness (QED) is 0.912. The molecule has 110 valence electrons. The molecule has 1 saturated heterocycles. The van der Waals surface area contributed by atoms with Gasteiger partial charge in [-0.05, 0) is 25.0 Å². The standard InChI is InChI=1S/C14H15FN4O2/c1-18-8-16-17-13(18)10-5-3-7-19(10)14(21)12-9(15)4-2-6-11(12)20/h2,4,6,8,10,20H,3,5,7H2,1H3. The largest absolute Gasteiger partial charge is 0.507 e. The third-order valence-corrected chi connectivity index (χ3v) is 3.76. The Hall–Kier alpha value is -2.44. The van der Waals surface area contributed by atoms with Crippen LogP contribution in [-0.4, -0.2) is 37.2 Å². The lowest BCUT2D eigenvalue weighted by molar-refractivity contribution is 0.0720. The molecule has 1 aliphatic rings. The maximum atomic E-state index is 13.9. The molecule has 0 saturated carbocycles. The number of nitrogens with zero attached hydrogens (tertiary/aromatic N) is 4. The van der Waals surface area contributed by atoms with Gasteiger partial charge in [0.15, 0.2) is 5.82 Å². The minimum absolute atomic E-state index is 0.246. The van der Waals surface area contributed by atoms with Crippen molar-refractivity contribution >= 4 is 5.91 Å². The molecule has 7 heteroatoms. The number of carbonyl (C=O) groups is 1. The second-order valence-electron chi connectivity index (χ2n) is 5.09. The second-order valence-corrected chi connectivity index (χ2v) is 5.09. The van der Waals surface area contributed by atoms with E-state index in [0.717, 1.165) is 12.8 Å². The van der Waals surface area contributed by atoms with Crippen molar-refractivity contribution in [2.24, 2.45) is 7.05 Å². The van der Waals surface area contributed by atoms with Gasteiger partial charge >= 0.3 is 0 Å². The van der Waals surface area contributed by atoms with E-state index in [0.29, 0.717) is 12.4 Å². The van der Waals surface area contributed by atoms with E-state index in [-0.39, 0.29) is 17.4 Å². The molecular formula is C14H15FN4O2. The van der Waals surface area contributed by atoms with Crippen LogP contribution in [0.2, 0.25) is 0 Å². The molecule has 1 atom stereocenters. The van der Waals surface area contributed by atoms with Gasteiger partial charge < -0.3 is 14.6 Å². The van der Waals surface area contributed by atoms with Crippen LogP contribution < -0.4 is 0 Å². The summed E-state index contributed by atoms with van der Waals surface area (Å²) in [5, 5.41) is 17.6. The minimum atomic E-state index is -0.719. The van der Waals surface area contributed by atoms with Crippen molar-refractivity contribution in [3.8, 4) is 5.75 Å². The lowest BCUT2D eigenvalue weighted by Gasteiger charge is -2.24. The number of carbonyl (C=O) groups excluding carboxylic acids is 1. The number of phenolic OH excluding ortho intramolecular Hbond substituents is 1. The summed E-state index contributed by atoms with van der Waals surface area (Å²) in [6, 6.07) is 3.60. The summed E-state index contributed by atoms with van der Waals surface area (Å²) in [5.41, 5.74) is -0.286. The highest BCUT2D eigenvalue weighted by atomic mass is 19.1. The van der Waals surface area contributed by atoms with Crippen LogP contribution in [0.3, 0.4) is 0 Å². The predicted molar refractivity (Wildman–Crippen MR) is 72.1 cm³/mol. The smallest absolute Gasteiger partial charge is 0.261 e. The van der Waals surface area contributed by atoms with Crippen LogP contribution in [0, 0.1) is 5.82 Å². The van der Waals surface area contributed by atoms with Crippen molar-refractivity contribution in [2.45, 2.75) is 18.9 Å². The number of aromatic hydroxyl groups is 1. The lowest BCUT2D eigenvalue weighted by Crippen LogP contribution is -2.32. The van der Waals surface area contributed by atoms with E-state index in [1.807, 2.05) is 0 Å². The van der Waals surface area contributed by atoms with Gasteiger partial charge in [-0.1, -0.05) is 6.07 Å². The monoisotopic (exact) mass is 290 g/mol. The van der Waals surface area contributed by atoms with Gasteiger partial charge in [-0.25, -0.2) is 4.39 Å². The number of halogens is 1. The zero-order valence-electron chi connectivity index (χ0n) is 11.5. The molecule has 0 bridgehead atoms. The number of phenols is 1. The zero-order chi connectivity index (χ0) is 15.0. The van der Waals surface area contributed by atoms with Crippen LogP contribution in [0.1, 0.15) is 35.1 Å². The van der Waals surface area contributed by atoms with Gasteiger partial charge in [-0.2, -0.15) is 0 Å². The average molecular weight is 290 g/mol. The number of amides is 1. The molecule has 1 unspecified atom stereocenters. The van der Waals surface area contributed by atoms with Gasteiger partial charge in [-0.3, -0.25) is 4.79 Å². The molecule has 1 aromatic heterocycles. The lowest BCUT2D eigenvalue weighted by atomic mass is 10.1. The first-order chi connectivity index (χ1) is 10.1. The summed E-state index contributed by atoms with van der Waals surface area (Å²) in [7, 11) is 1.80. The second kappa shape index (κ2) is 5.16. The summed E-state index contributed by atoms with van der Waals surface area (Å²) in [5.74, 6) is -0.917. The van der Waals surface area contributed by atoms with Crippen LogP contribution in [-0.2, 0) is 7.05 Å². The number of aromatic nitrogens is 3. The maximum absolute atomic E-state index is 13.9. The molecule has 2 heterocycles. The van der Waals surface area contributed by atoms with Crippen molar-refractivity contribution < 1.29 is 14.3 Å². The number of hydrogen-bond donors (Lipinski definition) is 1. The Morgan fingerprint density at radius 3 is 2.95 bits per heavy atom. The summed E-state index contributed by atoms with van der Waals surface area (Å²) in [4.78, 5) is 14.1. The molecule has 0 spiro atoms. The van der Waals surface area contributed by atoms with E-state index < -0.39 is 11.7 Å². The number of likely N-dealkylation sites (tertiary alicyclic amines) is 1. The fraction of sp³-hybridized carbons (Fsp3) is 0.357. The molecule has 3 rings (SSSR count). The van der Waals surface area contributed by atoms with Gasteiger partial charge in [0.2, 0.25) is 0 Å². The Kier molecular flexibility index (Phi) is 3.32. The highest BCUT2D eigenvalue weighted by Crippen LogP contribution is 2.33. The first-order valence-electron chi connectivity index (χ1n) is 6.72. The number of aryl methyl sites for hydroxylation is 1. The maximum Gasteiger partial charge on any atom is 0.261 e. The Morgan fingerprint density at radius 1 is 1.48 bits per heavy atom. The molecule has 0 aliphatic carbocycles. The Morgan fingerprint density at radius 2 is 2.29 bits per heavy atom. The van der Waals surface area contributed by atoms with Gasteiger partial charge in [0.1, 0.15) is 23.5 Å². The molecule has 1 amide bonds. The Bertz CT molecular complexity index is 665. The minimum Gasteiger partial charge on any atom is -0.507 e. The van der Waals surface area contributed by atoms with E-state index in [4.69, 9.17) is 0 Å². The highest BCUT2D eigenvalue weighted by molar-refractivity contribution is 5.97. The molecule has 1 aliphatic heterocycles. The van der Waals surface area contributed by atoms with Gasteiger partial charge in [0.05, 0.1) is 6.04 Å². The SMILES string of the molecule is Cn1cnnc1C1CCCN1C(=O)c1c(O)cccc1F. The molecular weight excluding hydrogens is 275 g/mol. The van der Waals surface area contributed by atoms with Crippen LogP contribution in [0.4, 0.5) is 4.39 Å². The third-order valence-electron chi connectivity index (χ3n) is 3.76. The van der Waals surface area contributed by atoms with E-state index >= 15 is 0 Å². The molecule has 6 nitrogen and oxygen atoms in total. The fourth-order valence-corrected chi connectivity index (χ4v) is 2.74.